The average molecular weight is 289 g/mol. The number of hydrogen-bond donors (Lipinski definition) is 1. The van der Waals surface area contributed by atoms with Crippen LogP contribution in [0.1, 0.15) is 24.1 Å². The molecule has 2 rings (SSSR count). The second-order valence-electron chi connectivity index (χ2n) is 4.74. The van der Waals surface area contributed by atoms with Gasteiger partial charge in [-0.05, 0) is 42.8 Å². The lowest BCUT2D eigenvalue weighted by atomic mass is 10.0. The summed E-state index contributed by atoms with van der Waals surface area (Å²) in [5.74, 6) is 0.716. The Kier molecular flexibility index (Phi) is 5.62. The summed E-state index contributed by atoms with van der Waals surface area (Å²) in [5.41, 5.74) is 2.61. The maximum Gasteiger partial charge on any atom is 0.124 e. The number of rotatable bonds is 6. The Bertz CT molecular complexity index is 556. The molecular weight excluding hydrogens is 269 g/mol. The normalized spacial score (nSPS) is 12.3. The third-order valence-electron chi connectivity index (χ3n) is 3.23. The molecular formula is C17H20FNS. The molecule has 0 radical (unpaired) electrons. The topological polar surface area (TPSA) is 12.0 Å². The molecule has 1 nitrogen and oxygen atoms in total. The Labute approximate surface area is 124 Å². The van der Waals surface area contributed by atoms with Crippen molar-refractivity contribution in [1.82, 2.24) is 5.32 Å². The van der Waals surface area contributed by atoms with E-state index in [9.17, 15) is 4.39 Å². The summed E-state index contributed by atoms with van der Waals surface area (Å²) < 4.78 is 13.2. The third-order valence-corrected chi connectivity index (χ3v) is 4.31. The molecule has 2 aromatic carbocycles. The van der Waals surface area contributed by atoms with Crippen LogP contribution < -0.4 is 5.32 Å². The minimum absolute atomic E-state index is 0.175. The number of hydrogen-bond acceptors (Lipinski definition) is 2. The average Bonchev–Trinajstić information content (AvgIpc) is 2.44. The summed E-state index contributed by atoms with van der Waals surface area (Å²) >= 11 is 1.68. The highest BCUT2D eigenvalue weighted by Gasteiger charge is 2.12. The number of nitrogens with one attached hydrogen (secondary N) is 1. The minimum Gasteiger partial charge on any atom is -0.309 e. The molecule has 0 saturated heterocycles. The van der Waals surface area contributed by atoms with E-state index in [1.807, 2.05) is 6.07 Å². The summed E-state index contributed by atoms with van der Waals surface area (Å²) in [7, 11) is 0. The van der Waals surface area contributed by atoms with Crippen LogP contribution in [0.2, 0.25) is 0 Å². The number of thioether (sulfide) groups is 1. The van der Waals surface area contributed by atoms with Gasteiger partial charge in [0.2, 0.25) is 0 Å². The van der Waals surface area contributed by atoms with Gasteiger partial charge in [0, 0.05) is 16.7 Å². The Balaban J connectivity index is 2.08. The molecule has 0 aliphatic rings. The molecule has 0 fully saturated rings. The summed E-state index contributed by atoms with van der Waals surface area (Å²) in [5, 5.41) is 3.51. The second kappa shape index (κ2) is 7.46. The van der Waals surface area contributed by atoms with Crippen molar-refractivity contribution in [3.63, 3.8) is 0 Å². The molecule has 3 heteroatoms. The Hall–Kier alpha value is -1.32. The first-order valence-electron chi connectivity index (χ1n) is 6.88. The second-order valence-corrected chi connectivity index (χ2v) is 5.83. The third kappa shape index (κ3) is 4.09. The Morgan fingerprint density at radius 3 is 2.65 bits per heavy atom. The van der Waals surface area contributed by atoms with Crippen LogP contribution in [-0.4, -0.2) is 12.3 Å². The van der Waals surface area contributed by atoms with E-state index >= 15 is 0 Å². The standard InChI is InChI=1S/C17H20FNS/c1-3-19-17(16-10-5-4-7-13(16)2)12-20-15-9-6-8-14(18)11-15/h4-11,17,19H,3,12H2,1-2H3. The van der Waals surface area contributed by atoms with Crippen molar-refractivity contribution in [3.8, 4) is 0 Å². The van der Waals surface area contributed by atoms with Gasteiger partial charge in [-0.2, -0.15) is 0 Å². The molecule has 0 aliphatic carbocycles. The van der Waals surface area contributed by atoms with Crippen molar-refractivity contribution in [3.05, 3.63) is 65.5 Å². The molecule has 0 aliphatic heterocycles. The first-order chi connectivity index (χ1) is 9.70. The van der Waals surface area contributed by atoms with Crippen LogP contribution in [0.5, 0.6) is 0 Å². The number of halogens is 1. The molecule has 1 N–H and O–H groups in total. The quantitative estimate of drug-likeness (QED) is 0.781. The van der Waals surface area contributed by atoms with E-state index in [-0.39, 0.29) is 11.9 Å². The summed E-state index contributed by atoms with van der Waals surface area (Å²) in [4.78, 5) is 0.974. The molecule has 106 valence electrons. The monoisotopic (exact) mass is 289 g/mol. The zero-order valence-electron chi connectivity index (χ0n) is 11.9. The molecule has 0 heterocycles. The molecule has 2 aromatic rings. The van der Waals surface area contributed by atoms with Crippen LogP contribution in [0.15, 0.2) is 53.4 Å². The van der Waals surface area contributed by atoms with Crippen LogP contribution in [0.25, 0.3) is 0 Å². The van der Waals surface area contributed by atoms with E-state index < -0.39 is 0 Å². The van der Waals surface area contributed by atoms with Gasteiger partial charge in [-0.3, -0.25) is 0 Å². The van der Waals surface area contributed by atoms with Gasteiger partial charge in [0.25, 0.3) is 0 Å². The Morgan fingerprint density at radius 1 is 1.15 bits per heavy atom. The zero-order chi connectivity index (χ0) is 14.4. The van der Waals surface area contributed by atoms with Crippen molar-refractivity contribution in [2.45, 2.75) is 24.8 Å². The molecule has 0 bridgehead atoms. The number of aryl methyl sites for hydroxylation is 1. The smallest absolute Gasteiger partial charge is 0.124 e. The van der Waals surface area contributed by atoms with Gasteiger partial charge >= 0.3 is 0 Å². The van der Waals surface area contributed by atoms with Crippen LogP contribution in [0.3, 0.4) is 0 Å². The first kappa shape index (κ1) is 15.1. The van der Waals surface area contributed by atoms with Gasteiger partial charge in [0.15, 0.2) is 0 Å². The van der Waals surface area contributed by atoms with E-state index in [2.05, 4.69) is 43.4 Å². The van der Waals surface area contributed by atoms with Crippen LogP contribution in [-0.2, 0) is 0 Å². The van der Waals surface area contributed by atoms with Crippen molar-refractivity contribution in [2.75, 3.05) is 12.3 Å². The molecule has 1 unspecified atom stereocenters. The van der Waals surface area contributed by atoms with Gasteiger partial charge < -0.3 is 5.32 Å². The van der Waals surface area contributed by atoms with E-state index in [1.54, 1.807) is 23.9 Å². The van der Waals surface area contributed by atoms with Crippen LogP contribution in [0, 0.1) is 12.7 Å². The molecule has 1 atom stereocenters. The van der Waals surface area contributed by atoms with Crippen molar-refractivity contribution in [2.24, 2.45) is 0 Å². The maximum absolute atomic E-state index is 13.2. The highest BCUT2D eigenvalue weighted by molar-refractivity contribution is 7.99. The van der Waals surface area contributed by atoms with Crippen LogP contribution in [0.4, 0.5) is 4.39 Å². The van der Waals surface area contributed by atoms with Gasteiger partial charge in [0.1, 0.15) is 5.82 Å². The summed E-state index contributed by atoms with van der Waals surface area (Å²) in [6.07, 6.45) is 0. The maximum atomic E-state index is 13.2. The lowest BCUT2D eigenvalue weighted by molar-refractivity contribution is 0.602. The fraction of sp³-hybridized carbons (Fsp3) is 0.294. The minimum atomic E-state index is -0.175. The lowest BCUT2D eigenvalue weighted by Crippen LogP contribution is -2.23. The summed E-state index contributed by atoms with van der Waals surface area (Å²) in [6.45, 7) is 5.16. The lowest BCUT2D eigenvalue weighted by Gasteiger charge is -2.20. The van der Waals surface area contributed by atoms with Gasteiger partial charge in [-0.1, -0.05) is 37.3 Å². The zero-order valence-corrected chi connectivity index (χ0v) is 12.7. The molecule has 0 saturated carbocycles. The van der Waals surface area contributed by atoms with Crippen molar-refractivity contribution >= 4 is 11.8 Å². The molecule has 20 heavy (non-hydrogen) atoms. The van der Waals surface area contributed by atoms with E-state index in [0.29, 0.717) is 0 Å². The predicted octanol–water partition coefficient (Wildman–Crippen LogP) is 4.58. The fourth-order valence-electron chi connectivity index (χ4n) is 2.22. The van der Waals surface area contributed by atoms with Crippen molar-refractivity contribution < 1.29 is 4.39 Å². The highest BCUT2D eigenvalue weighted by Crippen LogP contribution is 2.26. The fourth-order valence-corrected chi connectivity index (χ4v) is 3.25. The van der Waals surface area contributed by atoms with E-state index in [4.69, 9.17) is 0 Å². The van der Waals surface area contributed by atoms with Gasteiger partial charge in [0.05, 0.1) is 0 Å². The van der Waals surface area contributed by atoms with Crippen molar-refractivity contribution in [1.29, 1.82) is 0 Å². The molecule has 0 amide bonds. The van der Waals surface area contributed by atoms with Crippen LogP contribution >= 0.6 is 11.8 Å². The largest absolute Gasteiger partial charge is 0.309 e. The summed E-state index contributed by atoms with van der Waals surface area (Å²) in [6, 6.07) is 15.5. The Morgan fingerprint density at radius 2 is 1.95 bits per heavy atom. The SMILES string of the molecule is CCNC(CSc1cccc(F)c1)c1ccccc1C. The first-order valence-corrected chi connectivity index (χ1v) is 7.86. The van der Waals surface area contributed by atoms with E-state index in [1.165, 1.54) is 17.2 Å². The van der Waals surface area contributed by atoms with E-state index in [0.717, 1.165) is 17.2 Å². The molecule has 0 spiro atoms. The highest BCUT2D eigenvalue weighted by atomic mass is 32.2. The molecule has 0 aromatic heterocycles. The van der Waals surface area contributed by atoms with Gasteiger partial charge in [-0.15, -0.1) is 11.8 Å². The predicted molar refractivity (Wildman–Crippen MR) is 84.7 cm³/mol. The number of benzene rings is 2. The van der Waals surface area contributed by atoms with Gasteiger partial charge in [-0.25, -0.2) is 4.39 Å².